The third kappa shape index (κ3) is 5.73. The van der Waals surface area contributed by atoms with Crippen LogP contribution in [0.4, 0.5) is 4.39 Å². The van der Waals surface area contributed by atoms with Crippen LogP contribution >= 0.6 is 31.9 Å². The monoisotopic (exact) mass is 689 g/mol. The van der Waals surface area contributed by atoms with E-state index in [2.05, 4.69) is 37.0 Å². The zero-order valence-corrected chi connectivity index (χ0v) is 25.4. The first kappa shape index (κ1) is 27.9. The molecule has 0 saturated carbocycles. The average molecular weight is 691 g/mol. The van der Waals surface area contributed by atoms with Gasteiger partial charge in [0.1, 0.15) is 18.0 Å². The van der Waals surface area contributed by atoms with Gasteiger partial charge >= 0.3 is 0 Å². The van der Waals surface area contributed by atoms with Gasteiger partial charge in [0.05, 0.1) is 23.7 Å². The number of para-hydroxylation sites is 1. The van der Waals surface area contributed by atoms with Crippen LogP contribution in [0.25, 0.3) is 33.5 Å². The van der Waals surface area contributed by atoms with Crippen molar-refractivity contribution in [1.29, 1.82) is 0 Å². The van der Waals surface area contributed by atoms with Gasteiger partial charge in [-0.2, -0.15) is 9.78 Å². The van der Waals surface area contributed by atoms with E-state index in [9.17, 15) is 9.18 Å². The standard InChI is InChI=1S/C32H22Br2FN3O4/c1-2-40-28-15-21(25(34)16-29(28)41-18-19-7-10-23(35)11-8-19)17-36-38-31(37-26-6-4-3-5-24(26)32(38)39)30-14-20-13-22(33)9-12-27(20)42-30/h3-17H,2,18H2,1H3. The van der Waals surface area contributed by atoms with Crippen LogP contribution in [0.2, 0.25) is 0 Å². The molecule has 0 bridgehead atoms. The Labute approximate surface area is 256 Å². The van der Waals surface area contributed by atoms with E-state index in [4.69, 9.17) is 18.9 Å². The third-order valence-corrected chi connectivity index (χ3v) is 7.62. The molecule has 0 aliphatic carbocycles. The van der Waals surface area contributed by atoms with Crippen LogP contribution in [-0.4, -0.2) is 22.5 Å². The highest BCUT2D eigenvalue weighted by atomic mass is 79.9. The molecule has 0 spiro atoms. The minimum atomic E-state index is -0.339. The molecule has 7 nitrogen and oxygen atoms in total. The highest BCUT2D eigenvalue weighted by Crippen LogP contribution is 2.34. The van der Waals surface area contributed by atoms with Crippen molar-refractivity contribution in [2.45, 2.75) is 13.5 Å². The summed E-state index contributed by atoms with van der Waals surface area (Å²) in [6.45, 7) is 2.51. The second-order valence-corrected chi connectivity index (χ2v) is 11.0. The Kier molecular flexibility index (Phi) is 7.90. The molecule has 0 saturated heterocycles. The molecule has 0 amide bonds. The van der Waals surface area contributed by atoms with Crippen LogP contribution in [-0.2, 0) is 6.61 Å². The molecule has 0 fully saturated rings. The molecular formula is C32H22Br2FN3O4. The summed E-state index contributed by atoms with van der Waals surface area (Å²) in [5.74, 6) is 1.36. The Bertz CT molecular complexity index is 2020. The minimum absolute atomic E-state index is 0.232. The van der Waals surface area contributed by atoms with Gasteiger partial charge in [-0.25, -0.2) is 9.37 Å². The van der Waals surface area contributed by atoms with Crippen molar-refractivity contribution in [3.05, 3.63) is 121 Å². The summed E-state index contributed by atoms with van der Waals surface area (Å²) in [4.78, 5) is 18.4. The van der Waals surface area contributed by atoms with E-state index in [0.29, 0.717) is 50.4 Å². The Morgan fingerprint density at radius 1 is 0.976 bits per heavy atom. The zero-order valence-electron chi connectivity index (χ0n) is 22.2. The van der Waals surface area contributed by atoms with E-state index in [1.54, 1.807) is 48.7 Å². The first-order valence-corrected chi connectivity index (χ1v) is 14.6. The van der Waals surface area contributed by atoms with Crippen LogP contribution < -0.4 is 15.0 Å². The largest absolute Gasteiger partial charge is 0.490 e. The van der Waals surface area contributed by atoms with Gasteiger partial charge in [-0.15, -0.1) is 0 Å². The Hall–Kier alpha value is -4.28. The molecule has 2 heterocycles. The number of nitrogens with zero attached hydrogens (tertiary/aromatic N) is 3. The molecule has 6 aromatic rings. The Morgan fingerprint density at radius 2 is 1.76 bits per heavy atom. The number of rotatable bonds is 8. The van der Waals surface area contributed by atoms with Gasteiger partial charge in [0.2, 0.25) is 5.82 Å². The molecule has 210 valence electrons. The van der Waals surface area contributed by atoms with Gasteiger partial charge in [-0.3, -0.25) is 4.79 Å². The summed E-state index contributed by atoms with van der Waals surface area (Å²) in [5, 5.41) is 5.85. The molecule has 10 heteroatoms. The van der Waals surface area contributed by atoms with Crippen molar-refractivity contribution in [3.63, 3.8) is 0 Å². The summed E-state index contributed by atoms with van der Waals surface area (Å²) < 4.78 is 34.0. The predicted molar refractivity (Wildman–Crippen MR) is 168 cm³/mol. The first-order valence-electron chi connectivity index (χ1n) is 13.0. The molecule has 42 heavy (non-hydrogen) atoms. The maximum atomic E-state index is 13.6. The van der Waals surface area contributed by atoms with Gasteiger partial charge in [-0.05, 0) is 89.1 Å². The van der Waals surface area contributed by atoms with Crippen LogP contribution in [0.3, 0.4) is 0 Å². The number of ether oxygens (including phenoxy) is 2. The third-order valence-electron chi connectivity index (χ3n) is 6.44. The second-order valence-electron chi connectivity index (χ2n) is 9.28. The van der Waals surface area contributed by atoms with Crippen molar-refractivity contribution < 1.29 is 18.3 Å². The van der Waals surface area contributed by atoms with Gasteiger partial charge in [0.25, 0.3) is 5.56 Å². The molecule has 0 radical (unpaired) electrons. The molecular weight excluding hydrogens is 669 g/mol. The molecule has 6 rings (SSSR count). The summed E-state index contributed by atoms with van der Waals surface area (Å²) in [7, 11) is 0. The van der Waals surface area contributed by atoms with Gasteiger partial charge in [0, 0.05) is 19.9 Å². The number of hydrogen-bond acceptors (Lipinski definition) is 6. The van der Waals surface area contributed by atoms with Crippen molar-refractivity contribution in [3.8, 4) is 23.1 Å². The summed E-state index contributed by atoms with van der Waals surface area (Å²) in [5.41, 5.74) is 2.31. The molecule has 4 aromatic carbocycles. The van der Waals surface area contributed by atoms with Crippen LogP contribution in [0, 0.1) is 5.82 Å². The topological polar surface area (TPSA) is 78.9 Å². The quantitative estimate of drug-likeness (QED) is 0.150. The summed E-state index contributed by atoms with van der Waals surface area (Å²) in [6, 6.07) is 24.3. The lowest BCUT2D eigenvalue weighted by atomic mass is 10.2. The van der Waals surface area contributed by atoms with Crippen LogP contribution in [0.5, 0.6) is 11.5 Å². The lowest BCUT2D eigenvalue weighted by Crippen LogP contribution is -2.20. The van der Waals surface area contributed by atoms with E-state index in [1.165, 1.54) is 16.8 Å². The van der Waals surface area contributed by atoms with Gasteiger partial charge in [-0.1, -0.05) is 40.2 Å². The van der Waals surface area contributed by atoms with Crippen molar-refractivity contribution in [2.75, 3.05) is 6.61 Å². The Balaban J connectivity index is 1.40. The van der Waals surface area contributed by atoms with Crippen molar-refractivity contribution in [1.82, 2.24) is 9.66 Å². The fourth-order valence-corrected chi connectivity index (χ4v) is 5.21. The van der Waals surface area contributed by atoms with E-state index < -0.39 is 0 Å². The predicted octanol–water partition coefficient (Wildman–Crippen LogP) is 8.33. The lowest BCUT2D eigenvalue weighted by Gasteiger charge is -2.14. The number of furan rings is 1. The molecule has 0 unspecified atom stereocenters. The van der Waals surface area contributed by atoms with E-state index in [0.717, 1.165) is 15.4 Å². The summed E-state index contributed by atoms with van der Waals surface area (Å²) in [6.07, 6.45) is 1.55. The fraction of sp³-hybridized carbons (Fsp3) is 0.0938. The molecule has 0 aliphatic heterocycles. The number of benzene rings is 4. The van der Waals surface area contributed by atoms with Crippen LogP contribution in [0.15, 0.2) is 108 Å². The fourth-order valence-electron chi connectivity index (χ4n) is 4.41. The SMILES string of the molecule is CCOc1cc(C=Nn2c(-c3cc4cc(Br)ccc4o3)nc3ccccc3c2=O)c(Br)cc1OCc1ccc(F)cc1. The molecule has 0 aliphatic rings. The highest BCUT2D eigenvalue weighted by Gasteiger charge is 2.17. The molecule has 2 aromatic heterocycles. The number of halogens is 3. The van der Waals surface area contributed by atoms with E-state index in [1.807, 2.05) is 37.3 Å². The van der Waals surface area contributed by atoms with Crippen molar-refractivity contribution in [2.24, 2.45) is 5.10 Å². The smallest absolute Gasteiger partial charge is 0.282 e. The number of fused-ring (bicyclic) bond motifs is 2. The summed E-state index contributed by atoms with van der Waals surface area (Å²) >= 11 is 7.08. The van der Waals surface area contributed by atoms with Gasteiger partial charge < -0.3 is 13.9 Å². The average Bonchev–Trinajstić information content (AvgIpc) is 3.41. The highest BCUT2D eigenvalue weighted by molar-refractivity contribution is 9.10. The maximum absolute atomic E-state index is 13.6. The van der Waals surface area contributed by atoms with E-state index in [-0.39, 0.29) is 23.8 Å². The Morgan fingerprint density at radius 3 is 2.57 bits per heavy atom. The lowest BCUT2D eigenvalue weighted by molar-refractivity contribution is 0.269. The second kappa shape index (κ2) is 11.9. The number of hydrogen-bond donors (Lipinski definition) is 0. The number of aromatic nitrogens is 2. The van der Waals surface area contributed by atoms with Crippen LogP contribution in [0.1, 0.15) is 18.1 Å². The zero-order chi connectivity index (χ0) is 29.2. The first-order chi connectivity index (χ1) is 20.4. The minimum Gasteiger partial charge on any atom is -0.490 e. The van der Waals surface area contributed by atoms with E-state index >= 15 is 0 Å². The van der Waals surface area contributed by atoms with Gasteiger partial charge in [0.15, 0.2) is 17.3 Å². The van der Waals surface area contributed by atoms with Crippen molar-refractivity contribution >= 4 is 59.9 Å². The normalized spacial score (nSPS) is 11.5. The molecule has 0 atom stereocenters. The maximum Gasteiger partial charge on any atom is 0.282 e. The molecule has 0 N–H and O–H groups in total.